The van der Waals surface area contributed by atoms with Crippen molar-refractivity contribution in [1.82, 2.24) is 15.3 Å². The van der Waals surface area contributed by atoms with Crippen LogP contribution in [0.3, 0.4) is 0 Å². The van der Waals surface area contributed by atoms with Crippen molar-refractivity contribution in [2.45, 2.75) is 37.6 Å². The van der Waals surface area contributed by atoms with Gasteiger partial charge in [0, 0.05) is 14.1 Å². The predicted molar refractivity (Wildman–Crippen MR) is 111 cm³/mol. The molecule has 148 valence electrons. The first kappa shape index (κ1) is 20.3. The van der Waals surface area contributed by atoms with Crippen molar-refractivity contribution >= 4 is 5.91 Å². The molecule has 0 bridgehead atoms. The van der Waals surface area contributed by atoms with Crippen molar-refractivity contribution in [2.75, 3.05) is 14.1 Å². The zero-order chi connectivity index (χ0) is 20.1. The van der Waals surface area contributed by atoms with Crippen LogP contribution >= 0.6 is 0 Å². The van der Waals surface area contributed by atoms with Gasteiger partial charge in [-0.3, -0.25) is 4.79 Å². The molecule has 5 heteroatoms. The zero-order valence-corrected chi connectivity index (χ0v) is 16.7. The summed E-state index contributed by atoms with van der Waals surface area (Å²) in [4.78, 5) is 13.1. The largest absolute Gasteiger partial charge is 0.386 e. The molecule has 5 nitrogen and oxygen atoms in total. The van der Waals surface area contributed by atoms with Crippen LogP contribution in [0.4, 0.5) is 0 Å². The van der Waals surface area contributed by atoms with Crippen LogP contribution in [-0.4, -0.2) is 47.2 Å². The van der Waals surface area contributed by atoms with E-state index < -0.39 is 6.10 Å². The minimum absolute atomic E-state index is 0.0420. The lowest BCUT2D eigenvalue weighted by molar-refractivity contribution is -0.142. The van der Waals surface area contributed by atoms with E-state index in [2.05, 4.69) is 5.32 Å². The van der Waals surface area contributed by atoms with Gasteiger partial charge in [0.25, 0.3) is 0 Å². The number of carbonyl (C=O) groups is 1. The van der Waals surface area contributed by atoms with E-state index in [9.17, 15) is 9.90 Å². The van der Waals surface area contributed by atoms with Crippen LogP contribution in [0.1, 0.15) is 36.6 Å². The van der Waals surface area contributed by atoms with E-state index in [1.807, 2.05) is 104 Å². The van der Waals surface area contributed by atoms with Crippen molar-refractivity contribution in [1.29, 1.82) is 0 Å². The molecule has 0 fully saturated rings. The molecular formula is C23H29N3O2. The number of amides is 1. The van der Waals surface area contributed by atoms with Crippen LogP contribution in [0.25, 0.3) is 0 Å². The number of hydrogen-bond donors (Lipinski definition) is 2. The summed E-state index contributed by atoms with van der Waals surface area (Å²) in [7, 11) is 3.82. The third-order valence-electron chi connectivity index (χ3n) is 5.20. The summed E-state index contributed by atoms with van der Waals surface area (Å²) in [5, 5.41) is 18.0. The van der Waals surface area contributed by atoms with Crippen LogP contribution in [-0.2, 0) is 4.79 Å². The number of nitrogens with one attached hydrogen (secondary N) is 1. The predicted octanol–water partition coefficient (Wildman–Crippen LogP) is 3.07. The van der Waals surface area contributed by atoms with Gasteiger partial charge in [-0.2, -0.15) is 0 Å². The highest BCUT2D eigenvalue weighted by molar-refractivity contribution is 5.82. The molecule has 28 heavy (non-hydrogen) atoms. The number of carbonyl (C=O) groups excluding carboxylic acids is 1. The number of nitrogens with zero attached hydrogens (tertiary/aromatic N) is 2. The average Bonchev–Trinajstić information content (AvgIpc) is 2.73. The second-order valence-electron chi connectivity index (χ2n) is 7.39. The first-order valence-corrected chi connectivity index (χ1v) is 9.69. The standard InChI is InChI=1S/C23H29N3O2/c1-17(18-11-6-4-7-12-18)24-23(28)21-16-10-15-20(26(21)25(2)3)22(27)19-13-8-5-9-14-19/h4-15,17,20-22,27H,16H2,1-3H3,(H,24,28)/t17-,20+,21-,22+/m1/s1. The normalized spacial score (nSPS) is 22.0. The topological polar surface area (TPSA) is 55.8 Å². The maximum absolute atomic E-state index is 13.1. The van der Waals surface area contributed by atoms with E-state index >= 15 is 0 Å². The number of hydrazine groups is 1. The van der Waals surface area contributed by atoms with E-state index in [1.165, 1.54) is 0 Å². The average molecular weight is 380 g/mol. The zero-order valence-electron chi connectivity index (χ0n) is 16.7. The monoisotopic (exact) mass is 379 g/mol. The van der Waals surface area contributed by atoms with E-state index in [-0.39, 0.29) is 24.0 Å². The van der Waals surface area contributed by atoms with Crippen LogP contribution in [0.2, 0.25) is 0 Å². The molecule has 4 atom stereocenters. The third-order valence-corrected chi connectivity index (χ3v) is 5.20. The minimum atomic E-state index is -0.720. The van der Waals surface area contributed by atoms with Gasteiger partial charge in [0.1, 0.15) is 6.04 Å². The van der Waals surface area contributed by atoms with Crippen LogP contribution < -0.4 is 5.32 Å². The summed E-state index contributed by atoms with van der Waals surface area (Å²) in [5.41, 5.74) is 1.90. The second-order valence-corrected chi connectivity index (χ2v) is 7.39. The summed E-state index contributed by atoms with van der Waals surface area (Å²) >= 11 is 0. The fourth-order valence-electron chi connectivity index (χ4n) is 3.76. The van der Waals surface area contributed by atoms with Gasteiger partial charge >= 0.3 is 0 Å². The first-order valence-electron chi connectivity index (χ1n) is 9.69. The van der Waals surface area contributed by atoms with Gasteiger partial charge in [-0.25, -0.2) is 10.0 Å². The van der Waals surface area contributed by atoms with Crippen molar-refractivity contribution in [3.05, 3.63) is 83.9 Å². The van der Waals surface area contributed by atoms with Gasteiger partial charge in [-0.1, -0.05) is 72.8 Å². The SMILES string of the molecule is C[C@@H](NC(=O)[C@H]1CC=C[C@@H]([C@@H](O)c2ccccc2)N1N(C)C)c1ccccc1. The van der Waals surface area contributed by atoms with Gasteiger partial charge in [-0.15, -0.1) is 0 Å². The molecule has 1 aliphatic heterocycles. The molecule has 2 N–H and O–H groups in total. The van der Waals surface area contributed by atoms with Crippen molar-refractivity contribution < 1.29 is 9.90 Å². The van der Waals surface area contributed by atoms with Crippen molar-refractivity contribution in [2.24, 2.45) is 0 Å². The van der Waals surface area contributed by atoms with Crippen LogP contribution in [0.15, 0.2) is 72.8 Å². The minimum Gasteiger partial charge on any atom is -0.386 e. The molecule has 0 saturated carbocycles. The summed E-state index contributed by atoms with van der Waals surface area (Å²) in [6.45, 7) is 1.99. The number of rotatable bonds is 6. The maximum atomic E-state index is 13.1. The smallest absolute Gasteiger partial charge is 0.239 e. The first-order chi connectivity index (χ1) is 13.5. The molecule has 1 aliphatic rings. The molecule has 3 rings (SSSR count). The quantitative estimate of drug-likeness (QED) is 0.758. The summed E-state index contributed by atoms with van der Waals surface area (Å²) in [6, 6.07) is 18.7. The van der Waals surface area contributed by atoms with Gasteiger partial charge in [0.15, 0.2) is 0 Å². The van der Waals surface area contributed by atoms with Crippen LogP contribution in [0, 0.1) is 0 Å². The molecule has 1 amide bonds. The molecule has 2 aromatic rings. The lowest BCUT2D eigenvalue weighted by Crippen LogP contribution is -2.59. The highest BCUT2D eigenvalue weighted by Crippen LogP contribution is 2.29. The third kappa shape index (κ3) is 4.50. The highest BCUT2D eigenvalue weighted by Gasteiger charge is 2.38. The Morgan fingerprint density at radius 3 is 2.21 bits per heavy atom. The van der Waals surface area contributed by atoms with Crippen LogP contribution in [0.5, 0.6) is 0 Å². The van der Waals surface area contributed by atoms with Gasteiger partial charge in [0.2, 0.25) is 5.91 Å². The van der Waals surface area contributed by atoms with Gasteiger partial charge < -0.3 is 10.4 Å². The van der Waals surface area contributed by atoms with E-state index in [0.29, 0.717) is 6.42 Å². The number of aliphatic hydroxyl groups is 1. The number of hydrogen-bond acceptors (Lipinski definition) is 4. The molecule has 2 aromatic carbocycles. The Kier molecular flexibility index (Phi) is 6.62. The molecule has 0 aliphatic carbocycles. The lowest BCUT2D eigenvalue weighted by atomic mass is 9.95. The summed E-state index contributed by atoms with van der Waals surface area (Å²) in [5.74, 6) is -0.0420. The van der Waals surface area contributed by atoms with E-state index in [4.69, 9.17) is 0 Å². The molecular weight excluding hydrogens is 350 g/mol. The molecule has 0 spiro atoms. The van der Waals surface area contributed by atoms with Gasteiger partial charge in [-0.05, 0) is 24.5 Å². The Bertz CT molecular complexity index is 792. The maximum Gasteiger partial charge on any atom is 0.239 e. The second kappa shape index (κ2) is 9.15. The summed E-state index contributed by atoms with van der Waals surface area (Å²) < 4.78 is 0. The van der Waals surface area contributed by atoms with E-state index in [1.54, 1.807) is 0 Å². The molecule has 1 heterocycles. The fraction of sp³-hybridized carbons (Fsp3) is 0.348. The Morgan fingerprint density at radius 2 is 1.64 bits per heavy atom. The molecule has 0 radical (unpaired) electrons. The van der Waals surface area contributed by atoms with Crippen molar-refractivity contribution in [3.8, 4) is 0 Å². The highest BCUT2D eigenvalue weighted by atomic mass is 16.3. The fourth-order valence-corrected chi connectivity index (χ4v) is 3.76. The number of benzene rings is 2. The molecule has 0 unspecified atom stereocenters. The lowest BCUT2D eigenvalue weighted by Gasteiger charge is -2.44. The molecule has 0 saturated heterocycles. The Hall–Kier alpha value is -2.47. The Morgan fingerprint density at radius 1 is 1.07 bits per heavy atom. The van der Waals surface area contributed by atoms with Gasteiger partial charge in [0.05, 0.1) is 18.2 Å². The Labute approximate surface area is 167 Å². The molecule has 0 aromatic heterocycles. The Balaban J connectivity index is 1.78. The van der Waals surface area contributed by atoms with Crippen molar-refractivity contribution in [3.63, 3.8) is 0 Å². The summed E-state index contributed by atoms with van der Waals surface area (Å²) in [6.07, 6.45) is 3.86. The number of aliphatic hydroxyl groups excluding tert-OH is 1. The van der Waals surface area contributed by atoms with E-state index in [0.717, 1.165) is 11.1 Å².